The fourth-order valence-corrected chi connectivity index (χ4v) is 2.76. The quantitative estimate of drug-likeness (QED) is 0.506. The van der Waals surface area contributed by atoms with E-state index in [0.29, 0.717) is 17.3 Å². The van der Waals surface area contributed by atoms with E-state index in [0.717, 1.165) is 30.9 Å². The average Bonchev–Trinajstić information content (AvgIpc) is 2.66. The Morgan fingerprint density at radius 3 is 2.85 bits per heavy atom. The summed E-state index contributed by atoms with van der Waals surface area (Å²) < 4.78 is 5.87. The van der Waals surface area contributed by atoms with Gasteiger partial charge in [0.25, 0.3) is 0 Å². The van der Waals surface area contributed by atoms with Gasteiger partial charge in [-0.2, -0.15) is 5.10 Å². The van der Waals surface area contributed by atoms with Gasteiger partial charge >= 0.3 is 0 Å². The summed E-state index contributed by atoms with van der Waals surface area (Å²) in [7, 11) is 2.12. The molecular weight excluding hydrogens is 328 g/mol. The number of hydrazone groups is 1. The molecule has 2 aromatic heterocycles. The Balaban J connectivity index is 1.75. The van der Waals surface area contributed by atoms with Crippen molar-refractivity contribution < 1.29 is 4.74 Å². The van der Waals surface area contributed by atoms with Crippen LogP contribution >= 0.6 is 0 Å². The van der Waals surface area contributed by atoms with E-state index in [9.17, 15) is 0 Å². The van der Waals surface area contributed by atoms with Crippen LogP contribution in [0.3, 0.4) is 0 Å². The zero-order chi connectivity index (χ0) is 18.5. The van der Waals surface area contributed by atoms with E-state index in [1.165, 1.54) is 11.1 Å². The van der Waals surface area contributed by atoms with Crippen LogP contribution < -0.4 is 10.6 Å². The standard InChI is InChI=1S/C19H24N6O/c1-13-4-5-17(10-21-13)23-18(14(2)24-20)12-26-19-8-15-6-7-25(3)11-16(15)9-22-19/h4-5,8-10H,6-7,11-12,20H2,1-3H3/b23-18?,24-14-. The number of fused-ring (bicyclic) bond motifs is 1. The first kappa shape index (κ1) is 18.0. The second-order valence-corrected chi connectivity index (χ2v) is 6.50. The molecule has 2 aromatic rings. The van der Waals surface area contributed by atoms with Crippen LogP contribution in [0.4, 0.5) is 5.69 Å². The molecule has 1 aliphatic heterocycles. The van der Waals surface area contributed by atoms with Gasteiger partial charge in [0, 0.05) is 31.0 Å². The molecule has 7 heteroatoms. The van der Waals surface area contributed by atoms with Crippen molar-refractivity contribution in [3.05, 3.63) is 47.4 Å². The first-order valence-electron chi connectivity index (χ1n) is 8.59. The Hall–Kier alpha value is -2.80. The van der Waals surface area contributed by atoms with Gasteiger partial charge in [-0.15, -0.1) is 0 Å². The van der Waals surface area contributed by atoms with E-state index in [1.807, 2.05) is 31.3 Å². The Labute approximate surface area is 153 Å². The first-order valence-corrected chi connectivity index (χ1v) is 8.59. The Morgan fingerprint density at radius 1 is 1.27 bits per heavy atom. The fourth-order valence-electron chi connectivity index (χ4n) is 2.76. The summed E-state index contributed by atoms with van der Waals surface area (Å²) in [5.41, 5.74) is 5.49. The topological polar surface area (TPSA) is 89.0 Å². The Morgan fingerprint density at radius 2 is 2.12 bits per heavy atom. The highest BCUT2D eigenvalue weighted by molar-refractivity contribution is 6.42. The van der Waals surface area contributed by atoms with Crippen LogP contribution in [-0.4, -0.2) is 46.5 Å². The predicted molar refractivity (Wildman–Crippen MR) is 103 cm³/mol. The molecule has 26 heavy (non-hydrogen) atoms. The molecule has 3 rings (SSSR count). The fraction of sp³-hybridized carbons (Fsp3) is 0.368. The van der Waals surface area contributed by atoms with E-state index >= 15 is 0 Å². The highest BCUT2D eigenvalue weighted by Crippen LogP contribution is 2.21. The third-order valence-corrected chi connectivity index (χ3v) is 4.39. The van der Waals surface area contributed by atoms with Crippen molar-refractivity contribution in [3.8, 4) is 5.88 Å². The summed E-state index contributed by atoms with van der Waals surface area (Å²) in [5, 5.41) is 3.75. The molecule has 0 radical (unpaired) electrons. The summed E-state index contributed by atoms with van der Waals surface area (Å²) in [5.74, 6) is 6.03. The van der Waals surface area contributed by atoms with Crippen molar-refractivity contribution in [2.75, 3.05) is 20.2 Å². The molecule has 1 aliphatic rings. The smallest absolute Gasteiger partial charge is 0.213 e. The normalized spacial score (nSPS) is 15.7. The number of hydrogen-bond acceptors (Lipinski definition) is 7. The second kappa shape index (κ2) is 8.05. The molecule has 7 nitrogen and oxygen atoms in total. The molecule has 0 aliphatic carbocycles. The average molecular weight is 352 g/mol. The van der Waals surface area contributed by atoms with Crippen LogP contribution in [-0.2, 0) is 13.0 Å². The highest BCUT2D eigenvalue weighted by atomic mass is 16.5. The summed E-state index contributed by atoms with van der Waals surface area (Å²) in [4.78, 5) is 15.5. The molecular formula is C19H24N6O. The van der Waals surface area contributed by atoms with Crippen LogP contribution in [0.25, 0.3) is 0 Å². The van der Waals surface area contributed by atoms with E-state index in [2.05, 4.69) is 32.0 Å². The summed E-state index contributed by atoms with van der Waals surface area (Å²) in [6.45, 7) is 5.95. The molecule has 0 saturated heterocycles. The maximum absolute atomic E-state index is 5.87. The third-order valence-electron chi connectivity index (χ3n) is 4.39. The molecule has 0 atom stereocenters. The minimum Gasteiger partial charge on any atom is -0.471 e. The molecule has 0 fully saturated rings. The first-order chi connectivity index (χ1) is 12.5. The van der Waals surface area contributed by atoms with Crippen LogP contribution in [0.2, 0.25) is 0 Å². The molecule has 0 bridgehead atoms. The molecule has 0 saturated carbocycles. The van der Waals surface area contributed by atoms with Gasteiger partial charge in [-0.05, 0) is 50.6 Å². The lowest BCUT2D eigenvalue weighted by Crippen LogP contribution is -2.27. The van der Waals surface area contributed by atoms with Gasteiger partial charge in [0.2, 0.25) is 5.88 Å². The van der Waals surface area contributed by atoms with E-state index in [1.54, 1.807) is 13.1 Å². The van der Waals surface area contributed by atoms with Crippen LogP contribution in [0, 0.1) is 6.92 Å². The van der Waals surface area contributed by atoms with Crippen molar-refractivity contribution in [1.29, 1.82) is 0 Å². The number of pyridine rings is 2. The molecule has 0 unspecified atom stereocenters. The number of nitrogens with two attached hydrogens (primary N) is 1. The van der Waals surface area contributed by atoms with E-state index in [4.69, 9.17) is 10.6 Å². The number of ether oxygens (including phenoxy) is 1. The summed E-state index contributed by atoms with van der Waals surface area (Å²) in [6.07, 6.45) is 4.61. The van der Waals surface area contributed by atoms with Crippen LogP contribution in [0.15, 0.2) is 40.7 Å². The number of aliphatic imine (C=N–C) groups is 1. The van der Waals surface area contributed by atoms with Crippen molar-refractivity contribution >= 4 is 17.1 Å². The van der Waals surface area contributed by atoms with Crippen LogP contribution in [0.1, 0.15) is 23.7 Å². The molecule has 2 N–H and O–H groups in total. The van der Waals surface area contributed by atoms with Crippen molar-refractivity contribution in [3.63, 3.8) is 0 Å². The third kappa shape index (κ3) is 4.43. The van der Waals surface area contributed by atoms with Gasteiger partial charge in [0.05, 0.1) is 17.6 Å². The van der Waals surface area contributed by atoms with E-state index < -0.39 is 0 Å². The molecule has 0 amide bonds. The lowest BCUT2D eigenvalue weighted by Gasteiger charge is -2.24. The number of likely N-dealkylation sites (N-methyl/N-ethyl adjacent to an activating group) is 1. The van der Waals surface area contributed by atoms with Gasteiger partial charge in [-0.25, -0.2) is 9.98 Å². The largest absolute Gasteiger partial charge is 0.471 e. The number of aromatic nitrogens is 2. The number of hydrogen-bond donors (Lipinski definition) is 1. The molecule has 0 aromatic carbocycles. The van der Waals surface area contributed by atoms with E-state index in [-0.39, 0.29) is 6.61 Å². The highest BCUT2D eigenvalue weighted by Gasteiger charge is 2.15. The Bertz CT molecular complexity index is 828. The minimum absolute atomic E-state index is 0.242. The maximum atomic E-state index is 5.87. The molecule has 136 valence electrons. The number of nitrogens with zero attached hydrogens (tertiary/aromatic N) is 5. The van der Waals surface area contributed by atoms with Crippen molar-refractivity contribution in [2.24, 2.45) is 15.9 Å². The van der Waals surface area contributed by atoms with Gasteiger partial charge in [-0.3, -0.25) is 4.98 Å². The SMILES string of the molecule is C/C(=N/N)C(COc1cc2c(cn1)CN(C)CC2)=Nc1ccc(C)nc1. The van der Waals surface area contributed by atoms with Gasteiger partial charge in [-0.1, -0.05) is 0 Å². The Kier molecular flexibility index (Phi) is 5.58. The maximum Gasteiger partial charge on any atom is 0.213 e. The summed E-state index contributed by atoms with van der Waals surface area (Å²) >= 11 is 0. The lowest BCUT2D eigenvalue weighted by molar-refractivity contribution is 0.309. The van der Waals surface area contributed by atoms with Gasteiger partial charge in [0.15, 0.2) is 0 Å². The second-order valence-electron chi connectivity index (χ2n) is 6.50. The van der Waals surface area contributed by atoms with Crippen molar-refractivity contribution in [2.45, 2.75) is 26.8 Å². The monoisotopic (exact) mass is 352 g/mol. The van der Waals surface area contributed by atoms with Gasteiger partial charge < -0.3 is 15.5 Å². The zero-order valence-electron chi connectivity index (χ0n) is 15.4. The van der Waals surface area contributed by atoms with Gasteiger partial charge in [0.1, 0.15) is 12.3 Å². The molecule has 0 spiro atoms. The number of aryl methyl sites for hydroxylation is 1. The molecule has 3 heterocycles. The number of rotatable bonds is 5. The predicted octanol–water partition coefficient (Wildman–Crippen LogP) is 2.26. The van der Waals surface area contributed by atoms with Crippen molar-refractivity contribution in [1.82, 2.24) is 14.9 Å². The summed E-state index contributed by atoms with van der Waals surface area (Å²) in [6, 6.07) is 5.83. The lowest BCUT2D eigenvalue weighted by atomic mass is 10.0. The van der Waals surface area contributed by atoms with Crippen LogP contribution in [0.5, 0.6) is 5.88 Å². The zero-order valence-corrected chi connectivity index (χ0v) is 15.4. The minimum atomic E-state index is 0.242.